The molecular weight excluding hydrogens is 236 g/mol. The third-order valence-corrected chi connectivity index (χ3v) is 3.17. The van der Waals surface area contributed by atoms with Crippen LogP contribution in [0.25, 0.3) is 16.9 Å². The van der Waals surface area contributed by atoms with E-state index in [2.05, 4.69) is 24.2 Å². The topological polar surface area (TPSA) is 34.4 Å². The Morgan fingerprint density at radius 1 is 1.11 bits per heavy atom. The van der Waals surface area contributed by atoms with Gasteiger partial charge in [-0.15, -0.1) is 0 Å². The number of hydrogen-bond donors (Lipinski definition) is 0. The number of imidazole rings is 1. The summed E-state index contributed by atoms with van der Waals surface area (Å²) in [4.78, 5) is 15.1. The summed E-state index contributed by atoms with van der Waals surface area (Å²) in [5.74, 6) is 0. The number of aryl methyl sites for hydroxylation is 1. The highest BCUT2D eigenvalue weighted by atomic mass is 16.1. The number of hydrogen-bond acceptors (Lipinski definition) is 2. The predicted molar refractivity (Wildman–Crippen MR) is 75.1 cm³/mol. The molecule has 3 nitrogen and oxygen atoms in total. The van der Waals surface area contributed by atoms with E-state index < -0.39 is 0 Å². The Labute approximate surface area is 111 Å². The normalized spacial score (nSPS) is 10.8. The first-order chi connectivity index (χ1) is 9.26. The van der Waals surface area contributed by atoms with Crippen LogP contribution in [-0.2, 0) is 11.2 Å². The molecule has 94 valence electrons. The molecule has 0 saturated heterocycles. The van der Waals surface area contributed by atoms with Crippen LogP contribution in [0.1, 0.15) is 11.1 Å². The lowest BCUT2D eigenvalue weighted by Gasteiger charge is -1.98. The Hall–Kier alpha value is -2.42. The largest absolute Gasteiger partial charge is 0.306 e. The molecule has 0 aliphatic carbocycles. The Balaban J connectivity index is 2.01. The number of pyridine rings is 1. The van der Waals surface area contributed by atoms with E-state index in [1.807, 2.05) is 40.9 Å². The summed E-state index contributed by atoms with van der Waals surface area (Å²) >= 11 is 0. The monoisotopic (exact) mass is 250 g/mol. The average molecular weight is 250 g/mol. The Bertz CT molecular complexity index is 726. The van der Waals surface area contributed by atoms with Crippen molar-refractivity contribution in [3.63, 3.8) is 0 Å². The molecule has 3 aromatic rings. The summed E-state index contributed by atoms with van der Waals surface area (Å²) in [6.45, 7) is 2.06. The van der Waals surface area contributed by atoms with Gasteiger partial charge in [0.2, 0.25) is 0 Å². The fraction of sp³-hybridized carbons (Fsp3) is 0.125. The van der Waals surface area contributed by atoms with E-state index in [4.69, 9.17) is 0 Å². The molecule has 2 aromatic heterocycles. The third kappa shape index (κ3) is 2.27. The van der Waals surface area contributed by atoms with Crippen LogP contribution in [-0.4, -0.2) is 15.7 Å². The highest BCUT2D eigenvalue weighted by Gasteiger charge is 2.04. The molecule has 0 radical (unpaired) electrons. The molecule has 0 amide bonds. The van der Waals surface area contributed by atoms with Crippen molar-refractivity contribution in [1.82, 2.24) is 9.38 Å². The van der Waals surface area contributed by atoms with Gasteiger partial charge in [-0.3, -0.25) is 0 Å². The van der Waals surface area contributed by atoms with Crippen molar-refractivity contribution in [2.24, 2.45) is 0 Å². The number of carbonyl (C=O) groups excluding carboxylic acids is 1. The maximum Gasteiger partial charge on any atom is 0.137 e. The van der Waals surface area contributed by atoms with Gasteiger partial charge in [0.15, 0.2) is 0 Å². The number of nitrogens with zero attached hydrogens (tertiary/aromatic N) is 2. The molecular formula is C16H14N2O. The lowest BCUT2D eigenvalue weighted by molar-refractivity contribution is -0.107. The minimum absolute atomic E-state index is 0.463. The van der Waals surface area contributed by atoms with Crippen molar-refractivity contribution >= 4 is 11.9 Å². The first-order valence-electron chi connectivity index (χ1n) is 6.24. The average Bonchev–Trinajstić information content (AvgIpc) is 2.83. The zero-order valence-electron chi connectivity index (χ0n) is 10.7. The molecule has 0 N–H and O–H groups in total. The van der Waals surface area contributed by atoms with Gasteiger partial charge in [-0.1, -0.05) is 30.3 Å². The lowest BCUT2D eigenvalue weighted by Crippen LogP contribution is -1.85. The van der Waals surface area contributed by atoms with Crippen molar-refractivity contribution in [3.05, 3.63) is 59.9 Å². The minimum atomic E-state index is 0.463. The maximum atomic E-state index is 10.5. The van der Waals surface area contributed by atoms with Gasteiger partial charge in [0.1, 0.15) is 11.9 Å². The van der Waals surface area contributed by atoms with Crippen molar-refractivity contribution in [3.8, 4) is 11.3 Å². The van der Waals surface area contributed by atoms with Crippen LogP contribution in [0, 0.1) is 6.92 Å². The van der Waals surface area contributed by atoms with Gasteiger partial charge in [-0.2, -0.15) is 0 Å². The predicted octanol–water partition coefficient (Wildman–Crippen LogP) is 3.05. The first-order valence-corrected chi connectivity index (χ1v) is 6.24. The summed E-state index contributed by atoms with van der Waals surface area (Å²) in [6.07, 6.45) is 5.47. The molecule has 0 unspecified atom stereocenters. The second kappa shape index (κ2) is 4.69. The number of aromatic nitrogens is 2. The number of benzene rings is 1. The van der Waals surface area contributed by atoms with Crippen LogP contribution >= 0.6 is 0 Å². The van der Waals surface area contributed by atoms with Crippen molar-refractivity contribution in [2.45, 2.75) is 13.3 Å². The van der Waals surface area contributed by atoms with Crippen LogP contribution in [0.3, 0.4) is 0 Å². The summed E-state index contributed by atoms with van der Waals surface area (Å²) in [7, 11) is 0. The van der Waals surface area contributed by atoms with Crippen molar-refractivity contribution in [2.75, 3.05) is 0 Å². The Morgan fingerprint density at radius 2 is 1.89 bits per heavy atom. The molecule has 0 aliphatic rings. The number of rotatable bonds is 3. The van der Waals surface area contributed by atoms with E-state index in [0.717, 1.165) is 28.8 Å². The summed E-state index contributed by atoms with van der Waals surface area (Å²) < 4.78 is 2.03. The molecule has 0 saturated carbocycles. The molecule has 2 heterocycles. The van der Waals surface area contributed by atoms with Crippen LogP contribution in [0.2, 0.25) is 0 Å². The zero-order chi connectivity index (χ0) is 13.2. The molecule has 0 atom stereocenters. The molecule has 3 heteroatoms. The van der Waals surface area contributed by atoms with Crippen LogP contribution in [0.5, 0.6) is 0 Å². The van der Waals surface area contributed by atoms with Crippen LogP contribution < -0.4 is 0 Å². The van der Waals surface area contributed by atoms with E-state index in [0.29, 0.717) is 6.42 Å². The summed E-state index contributed by atoms with van der Waals surface area (Å²) in [6, 6.07) is 12.0. The van der Waals surface area contributed by atoms with Gasteiger partial charge in [-0.25, -0.2) is 4.98 Å². The Kier molecular flexibility index (Phi) is 2.88. The van der Waals surface area contributed by atoms with E-state index >= 15 is 0 Å². The molecule has 19 heavy (non-hydrogen) atoms. The van der Waals surface area contributed by atoms with Gasteiger partial charge in [0, 0.05) is 24.4 Å². The van der Waals surface area contributed by atoms with Crippen molar-refractivity contribution in [1.29, 1.82) is 0 Å². The van der Waals surface area contributed by atoms with Crippen LogP contribution in [0.4, 0.5) is 0 Å². The molecule has 0 bridgehead atoms. The van der Waals surface area contributed by atoms with Gasteiger partial charge in [0.05, 0.1) is 5.69 Å². The van der Waals surface area contributed by atoms with Gasteiger partial charge in [-0.05, 0) is 24.1 Å². The summed E-state index contributed by atoms with van der Waals surface area (Å²) in [5.41, 5.74) is 5.19. The first kappa shape index (κ1) is 11.7. The highest BCUT2D eigenvalue weighted by Crippen LogP contribution is 2.20. The van der Waals surface area contributed by atoms with Crippen molar-refractivity contribution < 1.29 is 4.79 Å². The van der Waals surface area contributed by atoms with E-state index in [-0.39, 0.29) is 0 Å². The second-order valence-electron chi connectivity index (χ2n) is 4.67. The van der Waals surface area contributed by atoms with E-state index in [1.165, 1.54) is 5.56 Å². The fourth-order valence-corrected chi connectivity index (χ4v) is 2.15. The van der Waals surface area contributed by atoms with Gasteiger partial charge >= 0.3 is 0 Å². The van der Waals surface area contributed by atoms with E-state index in [1.54, 1.807) is 0 Å². The smallest absolute Gasteiger partial charge is 0.137 e. The molecule has 0 fully saturated rings. The molecule has 0 spiro atoms. The van der Waals surface area contributed by atoms with Gasteiger partial charge in [0.25, 0.3) is 0 Å². The standard InChI is InChI=1S/C16H14N2O/c1-12-2-7-16-17-15(11-18(16)10-12)14-5-3-13(4-6-14)8-9-19/h2-7,9-11H,8H2,1H3. The number of carbonyl (C=O) groups is 1. The van der Waals surface area contributed by atoms with Crippen LogP contribution in [0.15, 0.2) is 48.8 Å². The summed E-state index contributed by atoms with van der Waals surface area (Å²) in [5, 5.41) is 0. The number of fused-ring (bicyclic) bond motifs is 1. The molecule has 1 aromatic carbocycles. The Morgan fingerprint density at radius 3 is 2.63 bits per heavy atom. The lowest BCUT2D eigenvalue weighted by atomic mass is 10.1. The fourth-order valence-electron chi connectivity index (χ4n) is 2.15. The number of aldehydes is 1. The minimum Gasteiger partial charge on any atom is -0.306 e. The quantitative estimate of drug-likeness (QED) is 0.669. The molecule has 0 aliphatic heterocycles. The van der Waals surface area contributed by atoms with E-state index in [9.17, 15) is 4.79 Å². The highest BCUT2D eigenvalue weighted by molar-refractivity contribution is 5.64. The van der Waals surface area contributed by atoms with Gasteiger partial charge < -0.3 is 9.20 Å². The SMILES string of the molecule is Cc1ccc2nc(-c3ccc(CC=O)cc3)cn2c1. The molecule has 3 rings (SSSR count). The maximum absolute atomic E-state index is 10.5. The zero-order valence-corrected chi connectivity index (χ0v) is 10.7. The third-order valence-electron chi connectivity index (χ3n) is 3.17. The second-order valence-corrected chi connectivity index (χ2v) is 4.67.